The Balaban J connectivity index is 2.36. The number of hydrogen-bond donors (Lipinski definition) is 0. The third-order valence-corrected chi connectivity index (χ3v) is 10.5. The molecule has 1 heterocycles. The predicted molar refractivity (Wildman–Crippen MR) is 105 cm³/mol. The van der Waals surface area contributed by atoms with E-state index in [0.29, 0.717) is 0 Å². The first kappa shape index (κ1) is 23.7. The molecule has 154 valence electrons. The maximum absolute atomic E-state index is 5.48. The molecule has 0 fully saturated rings. The average molecular weight is 409 g/mol. The fraction of sp³-hybridized carbons (Fsp3) is 0.875. The molecule has 0 saturated heterocycles. The van der Waals surface area contributed by atoms with Gasteiger partial charge in [-0.3, -0.25) is 4.90 Å². The van der Waals surface area contributed by atoms with Crippen molar-refractivity contribution >= 4 is 17.6 Å². The average Bonchev–Trinajstić information content (AvgIpc) is 2.70. The highest BCUT2D eigenvalue weighted by molar-refractivity contribution is 6.60. The summed E-state index contributed by atoms with van der Waals surface area (Å²) in [4.78, 5) is 4.73. The first-order valence-electron chi connectivity index (χ1n) is 8.96. The van der Waals surface area contributed by atoms with Crippen LogP contribution in [0.2, 0.25) is 12.1 Å². The fourth-order valence-corrected chi connectivity index (χ4v) is 6.55. The van der Waals surface area contributed by atoms with Gasteiger partial charge in [0.15, 0.2) is 0 Å². The molecule has 0 amide bonds. The molecule has 0 saturated carbocycles. The maximum atomic E-state index is 5.48. The van der Waals surface area contributed by atoms with Crippen LogP contribution in [-0.4, -0.2) is 96.4 Å². The summed E-state index contributed by atoms with van der Waals surface area (Å²) in [6.07, 6.45) is 6.32. The van der Waals surface area contributed by atoms with Crippen molar-refractivity contribution in [2.24, 2.45) is 0 Å². The molecule has 0 aromatic heterocycles. The molecule has 26 heavy (non-hydrogen) atoms. The molecule has 0 aromatic carbocycles. The molecular weight excluding hydrogens is 372 g/mol. The van der Waals surface area contributed by atoms with Crippen molar-refractivity contribution in [3.63, 3.8) is 0 Å². The van der Waals surface area contributed by atoms with Crippen molar-refractivity contribution < 1.29 is 26.6 Å². The van der Waals surface area contributed by atoms with Crippen LogP contribution in [0.15, 0.2) is 12.3 Å². The second kappa shape index (κ2) is 12.2. The summed E-state index contributed by atoms with van der Waals surface area (Å²) in [7, 11) is 5.01. The topological polar surface area (TPSA) is 61.9 Å². The van der Waals surface area contributed by atoms with Gasteiger partial charge in [0.1, 0.15) is 0 Å². The number of hydrogen-bond acceptors (Lipinski definition) is 8. The normalized spacial score (nSPS) is 16.5. The lowest BCUT2D eigenvalue weighted by molar-refractivity contribution is 0.116. The minimum Gasteiger partial charge on any atom is -0.377 e. The summed E-state index contributed by atoms with van der Waals surface area (Å²) in [5, 5.41) is 0. The molecule has 0 N–H and O–H groups in total. The molecule has 1 aliphatic heterocycles. The molecular formula is C16H36N2O6Si2. The predicted octanol–water partition coefficient (Wildman–Crippen LogP) is 1.61. The first-order valence-corrected chi connectivity index (χ1v) is 12.8. The molecule has 8 nitrogen and oxygen atoms in total. The summed E-state index contributed by atoms with van der Waals surface area (Å²) in [6.45, 7) is 3.81. The molecule has 10 heteroatoms. The Morgan fingerprint density at radius 3 is 1.65 bits per heavy atom. The van der Waals surface area contributed by atoms with Gasteiger partial charge in [-0.2, -0.15) is 0 Å². The molecule has 1 rings (SSSR count). The second-order valence-electron chi connectivity index (χ2n) is 6.21. The minimum absolute atomic E-state index is 0.810. The van der Waals surface area contributed by atoms with Crippen LogP contribution in [0.5, 0.6) is 0 Å². The van der Waals surface area contributed by atoms with E-state index in [1.165, 1.54) is 0 Å². The van der Waals surface area contributed by atoms with Crippen molar-refractivity contribution in [3.8, 4) is 0 Å². The summed E-state index contributed by atoms with van der Waals surface area (Å²) >= 11 is 0. The highest BCUT2D eigenvalue weighted by Crippen LogP contribution is 2.18. The second-order valence-corrected chi connectivity index (χ2v) is 12.4. The zero-order chi connectivity index (χ0) is 19.5. The lowest BCUT2D eigenvalue weighted by atomic mass is 10.3. The van der Waals surface area contributed by atoms with Crippen molar-refractivity contribution in [2.75, 3.05) is 69.0 Å². The molecule has 0 aliphatic carbocycles. The zero-order valence-electron chi connectivity index (χ0n) is 17.2. The maximum Gasteiger partial charge on any atom is 0.500 e. The van der Waals surface area contributed by atoms with E-state index in [1.807, 2.05) is 0 Å². The molecule has 0 bridgehead atoms. The van der Waals surface area contributed by atoms with Gasteiger partial charge in [-0.15, -0.1) is 0 Å². The quantitative estimate of drug-likeness (QED) is 0.402. The third-order valence-electron chi connectivity index (χ3n) is 4.81. The van der Waals surface area contributed by atoms with Crippen LogP contribution in [-0.2, 0) is 26.6 Å². The molecule has 0 aromatic rings. The van der Waals surface area contributed by atoms with Gasteiger partial charge >= 0.3 is 17.6 Å². The highest BCUT2D eigenvalue weighted by Gasteiger charge is 2.38. The van der Waals surface area contributed by atoms with Gasteiger partial charge in [0.2, 0.25) is 0 Å². The van der Waals surface area contributed by atoms with Crippen molar-refractivity contribution in [3.05, 3.63) is 12.3 Å². The van der Waals surface area contributed by atoms with Gasteiger partial charge in [-0.1, -0.05) is 6.08 Å². The zero-order valence-corrected chi connectivity index (χ0v) is 19.2. The van der Waals surface area contributed by atoms with Crippen LogP contribution in [0.1, 0.15) is 12.8 Å². The lowest BCUT2D eigenvalue weighted by Crippen LogP contribution is -2.45. The van der Waals surface area contributed by atoms with Crippen LogP contribution < -0.4 is 0 Å². The summed E-state index contributed by atoms with van der Waals surface area (Å²) in [5.74, 6) is 0. The van der Waals surface area contributed by atoms with Gasteiger partial charge < -0.3 is 31.5 Å². The Hall–Kier alpha value is -0.306. The SMILES string of the molecule is CO[Si](CCCN1C=CCN(CCC[Si](OC)(OC)OC)C1)(OC)OC. The lowest BCUT2D eigenvalue weighted by Gasteiger charge is -2.34. The van der Waals surface area contributed by atoms with E-state index in [9.17, 15) is 0 Å². The number of rotatable bonds is 14. The van der Waals surface area contributed by atoms with Crippen LogP contribution in [0, 0.1) is 0 Å². The molecule has 0 atom stereocenters. The van der Waals surface area contributed by atoms with Crippen LogP contribution in [0.3, 0.4) is 0 Å². The molecule has 0 unspecified atom stereocenters. The minimum atomic E-state index is -2.48. The Morgan fingerprint density at radius 2 is 1.19 bits per heavy atom. The van der Waals surface area contributed by atoms with E-state index in [-0.39, 0.29) is 0 Å². The van der Waals surface area contributed by atoms with Crippen LogP contribution >= 0.6 is 0 Å². The van der Waals surface area contributed by atoms with Crippen molar-refractivity contribution in [1.82, 2.24) is 9.80 Å². The van der Waals surface area contributed by atoms with Gasteiger partial charge in [-0.25, -0.2) is 0 Å². The van der Waals surface area contributed by atoms with E-state index in [0.717, 1.165) is 51.2 Å². The summed E-state index contributed by atoms with van der Waals surface area (Å²) in [6, 6.07) is 1.63. The molecule has 1 aliphatic rings. The van der Waals surface area contributed by atoms with Crippen molar-refractivity contribution in [2.45, 2.75) is 24.9 Å². The van der Waals surface area contributed by atoms with Crippen molar-refractivity contribution in [1.29, 1.82) is 0 Å². The molecule has 0 radical (unpaired) electrons. The summed E-state index contributed by atoms with van der Waals surface area (Å²) in [5.41, 5.74) is 0. The smallest absolute Gasteiger partial charge is 0.377 e. The Kier molecular flexibility index (Phi) is 11.1. The fourth-order valence-electron chi connectivity index (χ4n) is 3.14. The Morgan fingerprint density at radius 1 is 0.731 bits per heavy atom. The van der Waals surface area contributed by atoms with Gasteiger partial charge in [0.05, 0.1) is 6.67 Å². The van der Waals surface area contributed by atoms with Gasteiger partial charge in [0, 0.05) is 74.4 Å². The largest absolute Gasteiger partial charge is 0.500 e. The highest BCUT2D eigenvalue weighted by atomic mass is 28.4. The van der Waals surface area contributed by atoms with E-state index >= 15 is 0 Å². The van der Waals surface area contributed by atoms with E-state index in [4.69, 9.17) is 26.6 Å². The molecule has 0 spiro atoms. The number of nitrogens with zero attached hydrogens (tertiary/aromatic N) is 2. The van der Waals surface area contributed by atoms with E-state index in [2.05, 4.69) is 22.1 Å². The first-order chi connectivity index (χ1) is 12.5. The van der Waals surface area contributed by atoms with Gasteiger partial charge in [-0.05, 0) is 19.0 Å². The standard InChI is InChI=1S/C16H36N2O6Si2/c1-19-25(20-2,21-3)14-8-12-17-10-7-11-18(16-17)13-9-15-26(22-4,23-5)24-6/h7,10H,8-9,11-16H2,1-6H3. The third kappa shape index (κ3) is 7.02. The van der Waals surface area contributed by atoms with Crippen LogP contribution in [0.4, 0.5) is 0 Å². The van der Waals surface area contributed by atoms with E-state index in [1.54, 1.807) is 42.7 Å². The van der Waals surface area contributed by atoms with Gasteiger partial charge in [0.25, 0.3) is 0 Å². The Bertz CT molecular complexity index is 392. The summed E-state index contributed by atoms with van der Waals surface area (Å²) < 4.78 is 32.9. The van der Waals surface area contributed by atoms with E-state index < -0.39 is 17.6 Å². The van der Waals surface area contributed by atoms with Crippen LogP contribution in [0.25, 0.3) is 0 Å². The monoisotopic (exact) mass is 408 g/mol. The Labute approximate surface area is 160 Å².